The van der Waals surface area contributed by atoms with Gasteiger partial charge < -0.3 is 5.32 Å². The third-order valence-corrected chi connectivity index (χ3v) is 4.28. The Morgan fingerprint density at radius 3 is 2.95 bits per heavy atom. The number of likely N-dealkylation sites (N-methyl/N-ethyl adjacent to an activating group) is 1. The highest BCUT2D eigenvalue weighted by atomic mass is 32.1. The van der Waals surface area contributed by atoms with Crippen LogP contribution in [0, 0.1) is 0 Å². The van der Waals surface area contributed by atoms with E-state index in [1.54, 1.807) is 11.3 Å². The van der Waals surface area contributed by atoms with Crippen molar-refractivity contribution in [3.05, 3.63) is 35.2 Å². The van der Waals surface area contributed by atoms with Gasteiger partial charge in [0, 0.05) is 17.8 Å². The molecule has 0 aliphatic rings. The van der Waals surface area contributed by atoms with Gasteiger partial charge in [0.15, 0.2) is 0 Å². The topological polar surface area (TPSA) is 32.3 Å². The number of fused-ring (bicyclic) bond motifs is 1. The minimum absolute atomic E-state index is 0.112. The van der Waals surface area contributed by atoms with Gasteiger partial charge in [-0.2, -0.15) is 0 Å². The summed E-state index contributed by atoms with van der Waals surface area (Å²) in [7, 11) is 1.99. The number of rotatable bonds is 7. The maximum Gasteiger partial charge on any atom is 0.234 e. The average molecular weight is 290 g/mol. The second-order valence-corrected chi connectivity index (χ2v) is 6.04. The predicted octanol–water partition coefficient (Wildman–Crippen LogP) is 3.25. The fourth-order valence-electron chi connectivity index (χ4n) is 2.21. The zero-order valence-electron chi connectivity index (χ0n) is 12.2. The normalized spacial score (nSPS) is 11.2. The maximum atomic E-state index is 11.8. The molecule has 1 N–H and O–H groups in total. The van der Waals surface area contributed by atoms with Gasteiger partial charge in [0.25, 0.3) is 0 Å². The number of thiophene rings is 1. The quantitative estimate of drug-likeness (QED) is 0.794. The van der Waals surface area contributed by atoms with E-state index in [9.17, 15) is 4.79 Å². The van der Waals surface area contributed by atoms with Crippen molar-refractivity contribution in [2.45, 2.75) is 26.3 Å². The Labute approximate surface area is 124 Å². The van der Waals surface area contributed by atoms with Crippen LogP contribution in [0.4, 0.5) is 0 Å². The SMILES string of the molecule is CCCCNC(=O)CN(C)Cc1csc2ccccc12. The van der Waals surface area contributed by atoms with Crippen molar-refractivity contribution in [1.29, 1.82) is 0 Å². The van der Waals surface area contributed by atoms with Crippen molar-refractivity contribution >= 4 is 27.3 Å². The molecule has 3 nitrogen and oxygen atoms in total. The Hall–Kier alpha value is -1.39. The van der Waals surface area contributed by atoms with Gasteiger partial charge in [0.2, 0.25) is 5.91 Å². The monoisotopic (exact) mass is 290 g/mol. The summed E-state index contributed by atoms with van der Waals surface area (Å²) in [6.45, 7) is 4.17. The first-order chi connectivity index (χ1) is 9.70. The Balaban J connectivity index is 1.88. The molecule has 1 amide bonds. The first kappa shape index (κ1) is 15.0. The molecule has 20 heavy (non-hydrogen) atoms. The molecule has 0 spiro atoms. The van der Waals surface area contributed by atoms with Gasteiger partial charge in [-0.15, -0.1) is 11.3 Å². The number of amides is 1. The molecule has 0 aliphatic heterocycles. The molecule has 2 rings (SSSR count). The summed E-state index contributed by atoms with van der Waals surface area (Å²) in [5.41, 5.74) is 1.30. The molecule has 1 aromatic heterocycles. The van der Waals surface area contributed by atoms with E-state index < -0.39 is 0 Å². The van der Waals surface area contributed by atoms with Gasteiger partial charge in [0.05, 0.1) is 6.54 Å². The first-order valence-electron chi connectivity index (χ1n) is 7.11. The van der Waals surface area contributed by atoms with Crippen LogP contribution < -0.4 is 5.32 Å². The standard InChI is InChI=1S/C16H22N2OS/c1-3-4-9-17-16(19)11-18(2)10-13-12-20-15-8-6-5-7-14(13)15/h5-8,12H,3-4,9-11H2,1-2H3,(H,17,19). The first-order valence-corrected chi connectivity index (χ1v) is 7.99. The maximum absolute atomic E-state index is 11.8. The molecule has 0 unspecified atom stereocenters. The molecule has 0 fully saturated rings. The summed E-state index contributed by atoms with van der Waals surface area (Å²) in [5, 5.41) is 6.45. The lowest BCUT2D eigenvalue weighted by molar-refractivity contribution is -0.122. The Morgan fingerprint density at radius 1 is 1.35 bits per heavy atom. The van der Waals surface area contributed by atoms with Crippen molar-refractivity contribution < 1.29 is 4.79 Å². The number of hydrogen-bond acceptors (Lipinski definition) is 3. The van der Waals surface area contributed by atoms with E-state index in [2.05, 4.69) is 46.8 Å². The minimum Gasteiger partial charge on any atom is -0.355 e. The van der Waals surface area contributed by atoms with Gasteiger partial charge in [-0.3, -0.25) is 9.69 Å². The summed E-state index contributed by atoms with van der Waals surface area (Å²) in [6.07, 6.45) is 2.15. The summed E-state index contributed by atoms with van der Waals surface area (Å²) in [6, 6.07) is 8.42. The van der Waals surface area contributed by atoms with E-state index in [1.165, 1.54) is 15.6 Å². The highest BCUT2D eigenvalue weighted by molar-refractivity contribution is 7.17. The fourth-order valence-corrected chi connectivity index (χ4v) is 3.16. The number of unbranched alkanes of at least 4 members (excludes halogenated alkanes) is 1. The van der Waals surface area contributed by atoms with Gasteiger partial charge in [0.1, 0.15) is 0 Å². The van der Waals surface area contributed by atoms with Gasteiger partial charge in [-0.05, 0) is 35.9 Å². The van der Waals surface area contributed by atoms with Gasteiger partial charge in [-0.25, -0.2) is 0 Å². The molecule has 1 heterocycles. The number of carbonyl (C=O) groups excluding carboxylic acids is 1. The molecule has 0 radical (unpaired) electrons. The largest absolute Gasteiger partial charge is 0.355 e. The lowest BCUT2D eigenvalue weighted by atomic mass is 10.2. The van der Waals surface area contributed by atoms with Crippen molar-refractivity contribution in [3.8, 4) is 0 Å². The molecule has 1 aromatic carbocycles. The van der Waals surface area contributed by atoms with Crippen LogP contribution in [0.1, 0.15) is 25.3 Å². The minimum atomic E-state index is 0.112. The second-order valence-electron chi connectivity index (χ2n) is 5.13. The van der Waals surface area contributed by atoms with Crippen LogP contribution in [0.25, 0.3) is 10.1 Å². The summed E-state index contributed by atoms with van der Waals surface area (Å²) in [4.78, 5) is 13.8. The molecule has 0 bridgehead atoms. The molecule has 0 saturated heterocycles. The third kappa shape index (κ3) is 4.05. The molecule has 0 saturated carbocycles. The van der Waals surface area contributed by atoms with Crippen LogP contribution in [0.15, 0.2) is 29.6 Å². The predicted molar refractivity (Wildman–Crippen MR) is 86.1 cm³/mol. The van der Waals surface area contributed by atoms with E-state index in [-0.39, 0.29) is 5.91 Å². The van der Waals surface area contributed by atoms with Crippen molar-refractivity contribution in [1.82, 2.24) is 10.2 Å². The Morgan fingerprint density at radius 2 is 2.15 bits per heavy atom. The zero-order valence-corrected chi connectivity index (χ0v) is 13.0. The van der Waals surface area contributed by atoms with E-state index >= 15 is 0 Å². The summed E-state index contributed by atoms with van der Waals surface area (Å²) in [5.74, 6) is 0.112. The van der Waals surface area contributed by atoms with Crippen molar-refractivity contribution in [3.63, 3.8) is 0 Å². The average Bonchev–Trinajstić information content (AvgIpc) is 2.82. The second kappa shape index (κ2) is 7.41. The number of hydrogen-bond donors (Lipinski definition) is 1. The van der Waals surface area contributed by atoms with E-state index in [4.69, 9.17) is 0 Å². The lowest BCUT2D eigenvalue weighted by Crippen LogP contribution is -2.35. The van der Waals surface area contributed by atoms with Crippen molar-refractivity contribution in [2.75, 3.05) is 20.1 Å². The lowest BCUT2D eigenvalue weighted by Gasteiger charge is -2.15. The fraction of sp³-hybridized carbons (Fsp3) is 0.438. The Bertz CT molecular complexity index is 564. The van der Waals surface area contributed by atoms with E-state index in [0.717, 1.165) is 25.9 Å². The van der Waals surface area contributed by atoms with Crippen LogP contribution in [0.5, 0.6) is 0 Å². The smallest absolute Gasteiger partial charge is 0.234 e. The number of nitrogens with one attached hydrogen (secondary N) is 1. The zero-order chi connectivity index (χ0) is 14.4. The van der Waals surface area contributed by atoms with Gasteiger partial charge in [-0.1, -0.05) is 31.5 Å². The molecule has 0 atom stereocenters. The molecule has 108 valence electrons. The number of benzene rings is 1. The molecular weight excluding hydrogens is 268 g/mol. The van der Waals surface area contributed by atoms with Crippen molar-refractivity contribution in [2.24, 2.45) is 0 Å². The van der Waals surface area contributed by atoms with E-state index in [0.29, 0.717) is 6.54 Å². The summed E-state index contributed by atoms with van der Waals surface area (Å²) < 4.78 is 1.31. The van der Waals surface area contributed by atoms with Crippen LogP contribution in [-0.4, -0.2) is 30.9 Å². The highest BCUT2D eigenvalue weighted by Crippen LogP contribution is 2.26. The molecule has 0 aliphatic carbocycles. The van der Waals surface area contributed by atoms with Crippen LogP contribution >= 0.6 is 11.3 Å². The van der Waals surface area contributed by atoms with E-state index in [1.807, 2.05) is 7.05 Å². The van der Waals surface area contributed by atoms with Crippen LogP contribution in [-0.2, 0) is 11.3 Å². The number of nitrogens with zero attached hydrogens (tertiary/aromatic N) is 1. The van der Waals surface area contributed by atoms with Crippen LogP contribution in [0.2, 0.25) is 0 Å². The number of carbonyl (C=O) groups is 1. The van der Waals surface area contributed by atoms with Crippen LogP contribution in [0.3, 0.4) is 0 Å². The molecule has 4 heteroatoms. The molecular formula is C16H22N2OS. The summed E-state index contributed by atoms with van der Waals surface area (Å²) >= 11 is 1.76. The van der Waals surface area contributed by atoms with Gasteiger partial charge >= 0.3 is 0 Å². The Kier molecular flexibility index (Phi) is 5.56. The molecule has 2 aromatic rings. The third-order valence-electron chi connectivity index (χ3n) is 3.27. The highest BCUT2D eigenvalue weighted by Gasteiger charge is 2.09.